The number of amides is 1. The van der Waals surface area contributed by atoms with Crippen LogP contribution in [0.4, 0.5) is 0 Å². The summed E-state index contributed by atoms with van der Waals surface area (Å²) in [5.74, 6) is -1.45. The van der Waals surface area contributed by atoms with Gasteiger partial charge in [-0.25, -0.2) is 9.80 Å². The molecule has 0 saturated carbocycles. The summed E-state index contributed by atoms with van der Waals surface area (Å²) < 4.78 is 5.20. The van der Waals surface area contributed by atoms with Crippen LogP contribution in [0.3, 0.4) is 0 Å². The van der Waals surface area contributed by atoms with Gasteiger partial charge < -0.3 is 15.1 Å². The van der Waals surface area contributed by atoms with Crippen LogP contribution < -0.4 is 5.43 Å². The highest BCUT2D eigenvalue weighted by Gasteiger charge is 2.23. The molecule has 204 valence electrons. The molecule has 12 heteroatoms. The van der Waals surface area contributed by atoms with E-state index in [9.17, 15) is 19.9 Å². The summed E-state index contributed by atoms with van der Waals surface area (Å²) >= 11 is 12.4. The molecule has 0 aliphatic carbocycles. The zero-order valence-corrected chi connectivity index (χ0v) is 22.5. The highest BCUT2D eigenvalue weighted by Crippen LogP contribution is 2.30. The second-order valence-electron chi connectivity index (χ2n) is 8.76. The normalized spacial score (nSPS) is 11.9. The molecular weight excluding hydrogens is 533 g/mol. The summed E-state index contributed by atoms with van der Waals surface area (Å²) in [5.41, 5.74) is 4.84. The Kier molecular flexibility index (Phi) is 11.3. The van der Waals surface area contributed by atoms with E-state index < -0.39 is 18.0 Å². The lowest BCUT2D eigenvalue weighted by Gasteiger charge is -2.25. The molecule has 3 N–H and O–H groups in total. The summed E-state index contributed by atoms with van der Waals surface area (Å²) in [6.07, 6.45) is 4.51. The fourth-order valence-corrected chi connectivity index (χ4v) is 4.10. The van der Waals surface area contributed by atoms with Crippen molar-refractivity contribution in [2.45, 2.75) is 51.7 Å². The number of aliphatic hydroxyl groups is 1. The van der Waals surface area contributed by atoms with Crippen molar-refractivity contribution in [2.75, 3.05) is 13.2 Å². The fourth-order valence-electron chi connectivity index (χ4n) is 3.70. The number of unbranched alkanes of at least 4 members (excludes halogenated alkanes) is 4. The molecule has 0 aliphatic rings. The van der Waals surface area contributed by atoms with Crippen molar-refractivity contribution in [1.82, 2.24) is 25.6 Å². The Morgan fingerprint density at radius 3 is 2.53 bits per heavy atom. The Balaban J connectivity index is 1.66. The Labute approximate surface area is 231 Å². The molecule has 0 unspecified atom stereocenters. The van der Waals surface area contributed by atoms with E-state index in [2.05, 4.69) is 22.7 Å². The van der Waals surface area contributed by atoms with Gasteiger partial charge in [-0.3, -0.25) is 10.2 Å². The van der Waals surface area contributed by atoms with E-state index >= 15 is 0 Å². The Morgan fingerprint density at radius 1 is 1.11 bits per heavy atom. The number of rotatable bonds is 14. The van der Waals surface area contributed by atoms with Crippen molar-refractivity contribution in [3.05, 3.63) is 70.0 Å². The summed E-state index contributed by atoms with van der Waals surface area (Å²) in [4.78, 5) is 25.4. The van der Waals surface area contributed by atoms with Crippen molar-refractivity contribution in [2.24, 2.45) is 0 Å². The van der Waals surface area contributed by atoms with Crippen molar-refractivity contribution in [3.8, 4) is 11.1 Å². The molecule has 0 radical (unpaired) electrons. The van der Waals surface area contributed by atoms with Crippen LogP contribution in [0.15, 0.2) is 48.7 Å². The first kappa shape index (κ1) is 29.4. The van der Waals surface area contributed by atoms with Crippen LogP contribution in [0.1, 0.15) is 55.1 Å². The van der Waals surface area contributed by atoms with Gasteiger partial charge in [0.15, 0.2) is 11.8 Å². The third-order valence-corrected chi connectivity index (χ3v) is 6.26. The van der Waals surface area contributed by atoms with Crippen molar-refractivity contribution < 1.29 is 24.6 Å². The Morgan fingerprint density at radius 2 is 1.84 bits per heavy atom. The van der Waals surface area contributed by atoms with E-state index in [1.807, 2.05) is 24.3 Å². The number of hydrazine groups is 1. The van der Waals surface area contributed by atoms with Gasteiger partial charge in [0.1, 0.15) is 0 Å². The second-order valence-corrected chi connectivity index (χ2v) is 9.61. The molecule has 0 fully saturated rings. The molecule has 0 saturated heterocycles. The minimum absolute atomic E-state index is 0.143. The van der Waals surface area contributed by atoms with Crippen LogP contribution in [0.25, 0.3) is 11.1 Å². The topological polar surface area (TPSA) is 130 Å². The minimum atomic E-state index is -1.50. The predicted octanol–water partition coefficient (Wildman–Crippen LogP) is 4.51. The average molecular weight is 564 g/mol. The lowest BCUT2D eigenvalue weighted by molar-refractivity contribution is -0.155. The number of ether oxygens (including phenoxy) is 1. The molecule has 0 aliphatic heterocycles. The molecule has 3 aromatic rings. The number of halogens is 2. The SMILES string of the molecule is CCCCCCCOC(=O)[C@H](O)CN(Cc1ccc(-c2cc(Cl)ccc2Cl)cc1)NC(=O)c1cn(O)nn1. The fraction of sp³-hybridized carbons (Fsp3) is 0.385. The number of hydrogen-bond donors (Lipinski definition) is 3. The Bertz CT molecular complexity index is 1200. The molecule has 1 atom stereocenters. The summed E-state index contributed by atoms with van der Waals surface area (Å²) in [6.45, 7) is 2.24. The van der Waals surface area contributed by atoms with Crippen LogP contribution in [-0.2, 0) is 16.1 Å². The van der Waals surface area contributed by atoms with Crippen LogP contribution in [0.5, 0.6) is 0 Å². The van der Waals surface area contributed by atoms with Crippen LogP contribution >= 0.6 is 23.2 Å². The molecule has 10 nitrogen and oxygen atoms in total. The molecule has 3 rings (SSSR count). The second kappa shape index (κ2) is 14.7. The first-order valence-corrected chi connectivity index (χ1v) is 13.1. The van der Waals surface area contributed by atoms with Gasteiger partial charge in [0.2, 0.25) is 0 Å². The van der Waals surface area contributed by atoms with Crippen LogP contribution in [0, 0.1) is 0 Å². The summed E-state index contributed by atoms with van der Waals surface area (Å²) in [7, 11) is 0. The summed E-state index contributed by atoms with van der Waals surface area (Å²) in [5, 5.41) is 29.2. The van der Waals surface area contributed by atoms with E-state index in [0.29, 0.717) is 14.9 Å². The molecule has 0 bridgehead atoms. The van der Waals surface area contributed by atoms with E-state index in [4.69, 9.17) is 27.9 Å². The molecule has 1 amide bonds. The molecular formula is C26H31Cl2N5O5. The van der Waals surface area contributed by atoms with Crippen molar-refractivity contribution in [1.29, 1.82) is 0 Å². The maximum Gasteiger partial charge on any atom is 0.336 e. The first-order valence-electron chi connectivity index (χ1n) is 12.3. The third-order valence-electron chi connectivity index (χ3n) is 5.70. The van der Waals surface area contributed by atoms with Crippen LogP contribution in [-0.4, -0.2) is 61.6 Å². The molecule has 0 spiro atoms. The van der Waals surface area contributed by atoms with Gasteiger partial charge in [-0.05, 0) is 41.0 Å². The number of esters is 1. The third kappa shape index (κ3) is 8.98. The lowest BCUT2D eigenvalue weighted by Crippen LogP contribution is -2.47. The van der Waals surface area contributed by atoms with E-state index in [1.165, 1.54) is 5.01 Å². The van der Waals surface area contributed by atoms with Gasteiger partial charge in [-0.1, -0.05) is 84.9 Å². The van der Waals surface area contributed by atoms with Crippen molar-refractivity contribution in [3.63, 3.8) is 0 Å². The number of carbonyl (C=O) groups is 2. The standard InChI is InChI=1S/C26H31Cl2N5O5/c1-2-3-4-5-6-13-38-26(36)24(34)17-32(30-25(35)23-16-33(37)31-29-23)15-18-7-9-19(10-8-18)21-14-20(27)11-12-22(21)28/h7-12,14,16,24,34,37H,2-6,13,15,17H2,1H3,(H,30,35)/t24-/m1/s1. The molecule has 38 heavy (non-hydrogen) atoms. The van der Waals surface area contributed by atoms with E-state index in [-0.39, 0.29) is 25.4 Å². The monoisotopic (exact) mass is 563 g/mol. The number of benzene rings is 2. The molecule has 2 aromatic carbocycles. The van der Waals surface area contributed by atoms with Gasteiger partial charge in [0, 0.05) is 22.2 Å². The number of nitrogens with one attached hydrogen (secondary N) is 1. The van der Waals surface area contributed by atoms with E-state index in [0.717, 1.165) is 55.0 Å². The minimum Gasteiger partial charge on any atom is -0.464 e. The highest BCUT2D eigenvalue weighted by molar-refractivity contribution is 6.35. The first-order chi connectivity index (χ1) is 18.3. The number of aliphatic hydroxyl groups excluding tert-OH is 1. The molecule has 1 heterocycles. The maximum atomic E-state index is 12.6. The van der Waals surface area contributed by atoms with Gasteiger partial charge in [0.05, 0.1) is 19.3 Å². The lowest BCUT2D eigenvalue weighted by atomic mass is 10.0. The average Bonchev–Trinajstić information content (AvgIpc) is 3.34. The van der Waals surface area contributed by atoms with Gasteiger partial charge >= 0.3 is 5.97 Å². The number of aromatic nitrogens is 3. The number of carbonyl (C=O) groups excluding carboxylic acids is 2. The summed E-state index contributed by atoms with van der Waals surface area (Å²) in [6, 6.07) is 12.6. The van der Waals surface area contributed by atoms with Gasteiger partial charge in [0.25, 0.3) is 5.91 Å². The zero-order valence-electron chi connectivity index (χ0n) is 21.0. The number of nitrogens with zero attached hydrogens (tertiary/aromatic N) is 4. The van der Waals surface area contributed by atoms with E-state index in [1.54, 1.807) is 18.2 Å². The van der Waals surface area contributed by atoms with Gasteiger partial charge in [-0.15, -0.1) is 5.10 Å². The smallest absolute Gasteiger partial charge is 0.336 e. The zero-order chi connectivity index (χ0) is 27.5. The molecule has 1 aromatic heterocycles. The predicted molar refractivity (Wildman–Crippen MR) is 143 cm³/mol. The van der Waals surface area contributed by atoms with Crippen molar-refractivity contribution >= 4 is 35.1 Å². The number of hydrogen-bond acceptors (Lipinski definition) is 8. The quantitative estimate of drug-likeness (QED) is 0.113. The maximum absolute atomic E-state index is 12.6. The van der Waals surface area contributed by atoms with Crippen LogP contribution in [0.2, 0.25) is 10.0 Å². The Hall–Kier alpha value is -3.18. The highest BCUT2D eigenvalue weighted by atomic mass is 35.5. The largest absolute Gasteiger partial charge is 0.464 e. The van der Waals surface area contributed by atoms with Gasteiger partial charge in [-0.2, -0.15) is 0 Å².